The van der Waals surface area contributed by atoms with E-state index in [0.29, 0.717) is 4.90 Å². The third-order valence-electron chi connectivity index (χ3n) is 3.86. The summed E-state index contributed by atoms with van der Waals surface area (Å²) in [6.45, 7) is 3.59. The van der Waals surface area contributed by atoms with E-state index in [2.05, 4.69) is 11.4 Å². The molecule has 2 aromatic rings. The van der Waals surface area contributed by atoms with Crippen LogP contribution in [0.15, 0.2) is 41.3 Å². The second kappa shape index (κ2) is 5.89. The summed E-state index contributed by atoms with van der Waals surface area (Å²) in [6.07, 6.45) is 0. The Morgan fingerprint density at radius 2 is 2.14 bits per heavy atom. The topological polar surface area (TPSA) is 49.3 Å². The van der Waals surface area contributed by atoms with Gasteiger partial charge in [-0.1, -0.05) is 29.8 Å². The molecule has 2 atom stereocenters. The van der Waals surface area contributed by atoms with E-state index in [0.717, 1.165) is 34.8 Å². The Kier molecular flexibility index (Phi) is 4.13. The third kappa shape index (κ3) is 2.90. The molecule has 0 saturated carbocycles. The fourth-order valence-electron chi connectivity index (χ4n) is 2.89. The maximum Gasteiger partial charge on any atom is 0.186 e. The Labute approximate surface area is 131 Å². The standard InChI is InChI=1S/C16H16ClNO2S/c1-10-5-13-14(8-18-9-15(13)16(17)6-10)11-3-2-4-12(7-11)21(19)20/h2-7,14,18H,8-9H2,1H3,(H,19,20)/t14-/m0/s1. The van der Waals surface area contributed by atoms with Gasteiger partial charge in [0.05, 0.1) is 4.90 Å². The van der Waals surface area contributed by atoms with Crippen molar-refractivity contribution in [2.24, 2.45) is 0 Å². The van der Waals surface area contributed by atoms with E-state index in [1.807, 2.05) is 25.1 Å². The van der Waals surface area contributed by atoms with E-state index < -0.39 is 11.1 Å². The Bertz CT molecular complexity index is 717. The van der Waals surface area contributed by atoms with Crippen LogP contribution in [-0.4, -0.2) is 15.3 Å². The first kappa shape index (κ1) is 14.7. The molecule has 0 radical (unpaired) electrons. The van der Waals surface area contributed by atoms with Crippen LogP contribution in [0, 0.1) is 6.92 Å². The molecule has 1 unspecified atom stereocenters. The number of hydrogen-bond donors (Lipinski definition) is 2. The molecule has 1 aliphatic rings. The number of hydrogen-bond acceptors (Lipinski definition) is 2. The summed E-state index contributed by atoms with van der Waals surface area (Å²) in [5.74, 6) is 0.148. The lowest BCUT2D eigenvalue weighted by Crippen LogP contribution is -2.29. The van der Waals surface area contributed by atoms with Crippen LogP contribution in [0.2, 0.25) is 5.02 Å². The molecule has 5 heteroatoms. The van der Waals surface area contributed by atoms with Gasteiger partial charge in [-0.05, 0) is 47.4 Å². The lowest BCUT2D eigenvalue weighted by Gasteiger charge is -2.28. The van der Waals surface area contributed by atoms with Crippen LogP contribution in [0.5, 0.6) is 0 Å². The first-order valence-corrected chi connectivity index (χ1v) is 8.25. The van der Waals surface area contributed by atoms with Gasteiger partial charge in [0.2, 0.25) is 0 Å². The Morgan fingerprint density at radius 3 is 2.90 bits per heavy atom. The summed E-state index contributed by atoms with van der Waals surface area (Å²) in [7, 11) is 0. The molecule has 0 bridgehead atoms. The predicted molar refractivity (Wildman–Crippen MR) is 85.2 cm³/mol. The van der Waals surface area contributed by atoms with Crippen molar-refractivity contribution in [1.82, 2.24) is 5.32 Å². The van der Waals surface area contributed by atoms with Crippen molar-refractivity contribution in [2.45, 2.75) is 24.3 Å². The second-order valence-corrected chi connectivity index (χ2v) is 6.70. The molecule has 3 rings (SSSR count). The summed E-state index contributed by atoms with van der Waals surface area (Å²) in [6, 6.07) is 11.4. The van der Waals surface area contributed by atoms with Crippen molar-refractivity contribution in [3.8, 4) is 0 Å². The van der Waals surface area contributed by atoms with E-state index in [4.69, 9.17) is 11.6 Å². The van der Waals surface area contributed by atoms with Crippen LogP contribution in [0.3, 0.4) is 0 Å². The van der Waals surface area contributed by atoms with E-state index in [-0.39, 0.29) is 5.92 Å². The SMILES string of the molecule is Cc1cc(Cl)c2c(c1)[C@H](c1cccc(S(=O)O)c1)CNC2. The van der Waals surface area contributed by atoms with Crippen molar-refractivity contribution in [2.75, 3.05) is 6.54 Å². The summed E-state index contributed by atoms with van der Waals surface area (Å²) in [5, 5.41) is 4.16. The summed E-state index contributed by atoms with van der Waals surface area (Å²) < 4.78 is 20.5. The molecule has 0 amide bonds. The number of rotatable bonds is 2. The first-order chi connectivity index (χ1) is 10.1. The molecule has 0 aromatic heterocycles. The van der Waals surface area contributed by atoms with Gasteiger partial charge in [-0.2, -0.15) is 0 Å². The Balaban J connectivity index is 2.10. The van der Waals surface area contributed by atoms with Crippen LogP contribution < -0.4 is 5.32 Å². The van der Waals surface area contributed by atoms with Crippen LogP contribution in [0.25, 0.3) is 0 Å². The number of halogens is 1. The molecule has 0 fully saturated rings. The highest BCUT2D eigenvalue weighted by atomic mass is 35.5. The quantitative estimate of drug-likeness (QED) is 0.833. The molecular formula is C16H16ClNO2S. The van der Waals surface area contributed by atoms with Crippen molar-refractivity contribution < 1.29 is 8.76 Å². The zero-order valence-electron chi connectivity index (χ0n) is 11.6. The van der Waals surface area contributed by atoms with E-state index in [1.165, 1.54) is 5.56 Å². The molecular weight excluding hydrogens is 306 g/mol. The average Bonchev–Trinajstić information content (AvgIpc) is 2.46. The first-order valence-electron chi connectivity index (χ1n) is 6.76. The van der Waals surface area contributed by atoms with Crippen molar-refractivity contribution in [1.29, 1.82) is 0 Å². The van der Waals surface area contributed by atoms with Crippen molar-refractivity contribution in [3.05, 3.63) is 63.7 Å². The van der Waals surface area contributed by atoms with Gasteiger partial charge < -0.3 is 9.87 Å². The van der Waals surface area contributed by atoms with Gasteiger partial charge in [-0.25, -0.2) is 4.21 Å². The summed E-state index contributed by atoms with van der Waals surface area (Å²) >= 11 is 4.40. The molecule has 2 N–H and O–H groups in total. The van der Waals surface area contributed by atoms with Gasteiger partial charge in [0.1, 0.15) is 0 Å². The number of aryl methyl sites for hydroxylation is 1. The van der Waals surface area contributed by atoms with Crippen LogP contribution in [0.4, 0.5) is 0 Å². The highest BCUT2D eigenvalue weighted by Crippen LogP contribution is 2.35. The van der Waals surface area contributed by atoms with E-state index >= 15 is 0 Å². The minimum Gasteiger partial charge on any atom is -0.312 e. The van der Waals surface area contributed by atoms with Crippen molar-refractivity contribution >= 4 is 22.7 Å². The summed E-state index contributed by atoms with van der Waals surface area (Å²) in [4.78, 5) is 0.429. The maximum atomic E-state index is 11.3. The van der Waals surface area contributed by atoms with Gasteiger partial charge in [0, 0.05) is 24.0 Å². The number of fused-ring (bicyclic) bond motifs is 1. The molecule has 1 aliphatic heterocycles. The molecule has 1 heterocycles. The molecule has 0 saturated heterocycles. The Hall–Kier alpha value is -1.20. The van der Waals surface area contributed by atoms with Crippen LogP contribution in [-0.2, 0) is 17.6 Å². The highest BCUT2D eigenvalue weighted by molar-refractivity contribution is 7.79. The molecule has 3 nitrogen and oxygen atoms in total. The van der Waals surface area contributed by atoms with Crippen molar-refractivity contribution in [3.63, 3.8) is 0 Å². The average molecular weight is 322 g/mol. The fraction of sp³-hybridized carbons (Fsp3) is 0.250. The zero-order chi connectivity index (χ0) is 15.0. The van der Waals surface area contributed by atoms with Crippen LogP contribution in [0.1, 0.15) is 28.2 Å². The Morgan fingerprint density at radius 1 is 1.33 bits per heavy atom. The summed E-state index contributed by atoms with van der Waals surface area (Å²) in [5.41, 5.74) is 4.49. The van der Waals surface area contributed by atoms with Gasteiger partial charge in [0.25, 0.3) is 0 Å². The second-order valence-electron chi connectivity index (χ2n) is 5.32. The maximum absolute atomic E-state index is 11.3. The molecule has 0 aliphatic carbocycles. The monoisotopic (exact) mass is 321 g/mol. The minimum atomic E-state index is -1.96. The fourth-order valence-corrected chi connectivity index (χ4v) is 3.67. The molecule has 0 spiro atoms. The molecule has 2 aromatic carbocycles. The van der Waals surface area contributed by atoms with Gasteiger partial charge in [-0.3, -0.25) is 0 Å². The predicted octanol–water partition coefficient (Wildman–Crippen LogP) is 3.46. The number of benzene rings is 2. The lowest BCUT2D eigenvalue weighted by atomic mass is 9.84. The normalized spacial score (nSPS) is 19.1. The smallest absolute Gasteiger partial charge is 0.186 e. The highest BCUT2D eigenvalue weighted by Gasteiger charge is 2.24. The lowest BCUT2D eigenvalue weighted by molar-refractivity contribution is 0.563. The van der Waals surface area contributed by atoms with E-state index in [1.54, 1.807) is 12.1 Å². The van der Waals surface area contributed by atoms with Gasteiger partial charge in [0.15, 0.2) is 11.1 Å². The third-order valence-corrected chi connectivity index (χ3v) is 4.86. The minimum absolute atomic E-state index is 0.148. The van der Waals surface area contributed by atoms with Gasteiger partial charge in [-0.15, -0.1) is 0 Å². The largest absolute Gasteiger partial charge is 0.312 e. The van der Waals surface area contributed by atoms with Crippen LogP contribution >= 0.6 is 11.6 Å². The molecule has 110 valence electrons. The molecule has 21 heavy (non-hydrogen) atoms. The number of nitrogens with one attached hydrogen (secondary N) is 1. The van der Waals surface area contributed by atoms with E-state index in [9.17, 15) is 8.76 Å². The zero-order valence-corrected chi connectivity index (χ0v) is 13.2. The van der Waals surface area contributed by atoms with Gasteiger partial charge >= 0.3 is 0 Å².